The molecule has 4 heteroatoms. The summed E-state index contributed by atoms with van der Waals surface area (Å²) in [5.41, 5.74) is 5.53. The van der Waals surface area contributed by atoms with Crippen LogP contribution in [0.15, 0.2) is 18.2 Å². The Hall–Kier alpha value is -2.02. The quantitative estimate of drug-likeness (QED) is 0.537. The third-order valence-electron chi connectivity index (χ3n) is 1.61. The number of rotatable bonds is 2. The van der Waals surface area contributed by atoms with Crippen molar-refractivity contribution in [3.63, 3.8) is 0 Å². The number of nitrogens with one attached hydrogen (secondary N) is 1. The van der Waals surface area contributed by atoms with Gasteiger partial charge in [0.05, 0.1) is 12.2 Å². The van der Waals surface area contributed by atoms with Gasteiger partial charge in [-0.3, -0.25) is 4.79 Å². The fraction of sp³-hybridized carbons (Fsp3) is 0.100. The van der Waals surface area contributed by atoms with Crippen LogP contribution in [0.2, 0.25) is 0 Å². The van der Waals surface area contributed by atoms with E-state index in [1.54, 1.807) is 0 Å². The van der Waals surface area contributed by atoms with Crippen molar-refractivity contribution in [1.29, 1.82) is 0 Å². The number of hydrogen-bond acceptors (Lipinski definition) is 2. The van der Waals surface area contributed by atoms with Gasteiger partial charge in [0.25, 0.3) is 5.91 Å². The highest BCUT2D eigenvalue weighted by Crippen LogP contribution is 2.11. The number of carbonyl (C=O) groups is 1. The van der Waals surface area contributed by atoms with Gasteiger partial charge in [0, 0.05) is 5.56 Å². The molecule has 14 heavy (non-hydrogen) atoms. The average Bonchev–Trinajstić information content (AvgIpc) is 2.18. The van der Waals surface area contributed by atoms with Crippen LogP contribution in [0.25, 0.3) is 0 Å². The molecule has 0 bridgehead atoms. The van der Waals surface area contributed by atoms with Crippen LogP contribution in [0.1, 0.15) is 10.4 Å². The number of nitrogens with two attached hydrogens (primary N) is 1. The van der Waals surface area contributed by atoms with E-state index in [0.29, 0.717) is 5.56 Å². The van der Waals surface area contributed by atoms with Gasteiger partial charge in [-0.2, -0.15) is 0 Å². The van der Waals surface area contributed by atoms with Crippen molar-refractivity contribution in [3.8, 4) is 12.3 Å². The van der Waals surface area contributed by atoms with E-state index in [9.17, 15) is 9.18 Å². The number of carbonyl (C=O) groups excluding carboxylic acids is 1. The Kier molecular flexibility index (Phi) is 3.08. The van der Waals surface area contributed by atoms with Crippen LogP contribution >= 0.6 is 0 Å². The van der Waals surface area contributed by atoms with E-state index < -0.39 is 5.82 Å². The fourth-order valence-electron chi connectivity index (χ4n) is 0.918. The zero-order chi connectivity index (χ0) is 10.6. The molecule has 0 heterocycles. The minimum atomic E-state index is -0.543. The third-order valence-corrected chi connectivity index (χ3v) is 1.61. The highest BCUT2D eigenvalue weighted by molar-refractivity contribution is 5.95. The number of hydrogen-bond donors (Lipinski definition) is 2. The van der Waals surface area contributed by atoms with Gasteiger partial charge in [0.15, 0.2) is 0 Å². The Balaban J connectivity index is 2.82. The lowest BCUT2D eigenvalue weighted by Gasteiger charge is -2.02. The Morgan fingerprint density at radius 1 is 1.64 bits per heavy atom. The summed E-state index contributed by atoms with van der Waals surface area (Å²) in [6, 6.07) is 3.75. The summed E-state index contributed by atoms with van der Waals surface area (Å²) >= 11 is 0. The van der Waals surface area contributed by atoms with Gasteiger partial charge >= 0.3 is 0 Å². The second-order valence-electron chi connectivity index (χ2n) is 2.62. The molecule has 0 fully saturated rings. The zero-order valence-corrected chi connectivity index (χ0v) is 7.38. The van der Waals surface area contributed by atoms with Crippen LogP contribution in [0, 0.1) is 18.2 Å². The van der Waals surface area contributed by atoms with E-state index >= 15 is 0 Å². The summed E-state index contributed by atoms with van der Waals surface area (Å²) in [7, 11) is 0. The molecule has 0 spiro atoms. The van der Waals surface area contributed by atoms with E-state index in [1.165, 1.54) is 12.1 Å². The Morgan fingerprint density at radius 2 is 2.36 bits per heavy atom. The van der Waals surface area contributed by atoms with Crippen molar-refractivity contribution in [2.75, 3.05) is 12.3 Å². The minimum Gasteiger partial charge on any atom is -0.396 e. The summed E-state index contributed by atoms with van der Waals surface area (Å²) in [4.78, 5) is 11.3. The molecule has 3 N–H and O–H groups in total. The maximum Gasteiger partial charge on any atom is 0.252 e. The molecular formula is C10H9FN2O. The Morgan fingerprint density at radius 3 is 2.93 bits per heavy atom. The molecular weight excluding hydrogens is 183 g/mol. The number of benzene rings is 1. The molecule has 0 aliphatic rings. The van der Waals surface area contributed by atoms with Crippen LogP contribution in [0.5, 0.6) is 0 Å². The van der Waals surface area contributed by atoms with E-state index in [0.717, 1.165) is 6.07 Å². The first-order valence-electron chi connectivity index (χ1n) is 3.92. The monoisotopic (exact) mass is 192 g/mol. The molecule has 72 valence electrons. The average molecular weight is 192 g/mol. The smallest absolute Gasteiger partial charge is 0.252 e. The molecule has 0 aliphatic heterocycles. The van der Waals surface area contributed by atoms with Crippen molar-refractivity contribution in [3.05, 3.63) is 29.6 Å². The standard InChI is InChI=1S/C10H9FN2O/c1-2-5-13-10(14)7-3-4-8(11)9(12)6-7/h1,3-4,6H,5,12H2,(H,13,14). The summed E-state index contributed by atoms with van der Waals surface area (Å²) in [6.45, 7) is 0.135. The van der Waals surface area contributed by atoms with Gasteiger partial charge in [0.1, 0.15) is 5.82 Å². The van der Waals surface area contributed by atoms with Crippen LogP contribution < -0.4 is 11.1 Å². The van der Waals surface area contributed by atoms with Gasteiger partial charge in [-0.15, -0.1) is 6.42 Å². The largest absolute Gasteiger partial charge is 0.396 e. The molecule has 0 atom stereocenters. The molecule has 1 aromatic carbocycles. The van der Waals surface area contributed by atoms with Crippen LogP contribution in [0.3, 0.4) is 0 Å². The van der Waals surface area contributed by atoms with Crippen LogP contribution in [-0.2, 0) is 0 Å². The molecule has 1 rings (SSSR count). The van der Waals surface area contributed by atoms with Crippen LogP contribution in [0.4, 0.5) is 10.1 Å². The first-order chi connectivity index (χ1) is 6.65. The predicted octanol–water partition coefficient (Wildman–Crippen LogP) is 0.771. The molecule has 0 aromatic heterocycles. The van der Waals surface area contributed by atoms with Gasteiger partial charge in [-0.05, 0) is 18.2 Å². The summed E-state index contributed by atoms with van der Waals surface area (Å²) < 4.78 is 12.7. The maximum absolute atomic E-state index is 12.7. The molecule has 1 aromatic rings. The van der Waals surface area contributed by atoms with E-state index in [-0.39, 0.29) is 18.1 Å². The first kappa shape index (κ1) is 10.1. The first-order valence-corrected chi connectivity index (χ1v) is 3.92. The van der Waals surface area contributed by atoms with Gasteiger partial charge in [-0.25, -0.2) is 4.39 Å². The number of anilines is 1. The number of nitrogen functional groups attached to an aromatic ring is 1. The minimum absolute atomic E-state index is 0.0571. The van der Waals surface area contributed by atoms with Crippen molar-refractivity contribution < 1.29 is 9.18 Å². The predicted molar refractivity (Wildman–Crippen MR) is 52.0 cm³/mol. The molecule has 0 saturated heterocycles. The summed E-state index contributed by atoms with van der Waals surface area (Å²) in [6.07, 6.45) is 4.96. The lowest BCUT2D eigenvalue weighted by Crippen LogP contribution is -2.23. The number of terminal acetylenes is 1. The van der Waals surface area contributed by atoms with Crippen molar-refractivity contribution in [2.45, 2.75) is 0 Å². The topological polar surface area (TPSA) is 55.1 Å². The number of amides is 1. The highest BCUT2D eigenvalue weighted by Gasteiger charge is 2.06. The second-order valence-corrected chi connectivity index (χ2v) is 2.62. The maximum atomic E-state index is 12.7. The van der Waals surface area contributed by atoms with Gasteiger partial charge in [-0.1, -0.05) is 5.92 Å². The SMILES string of the molecule is C#CCNC(=O)c1ccc(F)c(N)c1. The molecule has 0 saturated carbocycles. The molecule has 1 amide bonds. The fourth-order valence-corrected chi connectivity index (χ4v) is 0.918. The van der Waals surface area contributed by atoms with Gasteiger partial charge < -0.3 is 11.1 Å². The molecule has 0 aliphatic carbocycles. The molecule has 0 unspecified atom stereocenters. The van der Waals surface area contributed by atoms with Crippen molar-refractivity contribution in [2.24, 2.45) is 0 Å². The van der Waals surface area contributed by atoms with E-state index in [1.807, 2.05) is 0 Å². The lowest BCUT2D eigenvalue weighted by atomic mass is 10.2. The second kappa shape index (κ2) is 4.28. The van der Waals surface area contributed by atoms with E-state index in [2.05, 4.69) is 11.2 Å². The number of halogens is 1. The highest BCUT2D eigenvalue weighted by atomic mass is 19.1. The third kappa shape index (κ3) is 2.23. The Labute approximate surface area is 81.1 Å². The Bertz CT molecular complexity index is 396. The molecule has 0 radical (unpaired) electrons. The van der Waals surface area contributed by atoms with Crippen LogP contribution in [-0.4, -0.2) is 12.5 Å². The van der Waals surface area contributed by atoms with Gasteiger partial charge in [0.2, 0.25) is 0 Å². The van der Waals surface area contributed by atoms with Crippen molar-refractivity contribution in [1.82, 2.24) is 5.32 Å². The molecule has 3 nitrogen and oxygen atoms in total. The summed E-state index contributed by atoms with van der Waals surface area (Å²) in [5.74, 6) is 1.35. The summed E-state index contributed by atoms with van der Waals surface area (Å²) in [5, 5.41) is 2.44. The van der Waals surface area contributed by atoms with E-state index in [4.69, 9.17) is 12.2 Å². The van der Waals surface area contributed by atoms with Crippen molar-refractivity contribution >= 4 is 11.6 Å². The zero-order valence-electron chi connectivity index (χ0n) is 7.38. The normalized spacial score (nSPS) is 9.14. The lowest BCUT2D eigenvalue weighted by molar-refractivity contribution is 0.0958.